The molecule has 0 aromatic heterocycles. The summed E-state index contributed by atoms with van der Waals surface area (Å²) in [5.41, 5.74) is 6.10. The number of esters is 1. The van der Waals surface area contributed by atoms with Gasteiger partial charge in [0.2, 0.25) is 5.82 Å². The van der Waals surface area contributed by atoms with Crippen molar-refractivity contribution in [2.45, 2.75) is 0 Å². The van der Waals surface area contributed by atoms with Crippen LogP contribution in [0.4, 0.5) is 0 Å². The number of carbonyl (C=O) groups is 1. The van der Waals surface area contributed by atoms with Crippen molar-refractivity contribution in [3.8, 4) is 0 Å². The molecular weight excluding hydrogens is 238 g/mol. The molecule has 1 heterocycles. The zero-order valence-corrected chi connectivity index (χ0v) is 8.72. The minimum atomic E-state index is -0.382. The predicted molar refractivity (Wildman–Crippen MR) is 50.3 cm³/mol. The molecule has 0 aromatic rings. The molecule has 0 fully saturated rings. The summed E-state index contributed by atoms with van der Waals surface area (Å²) in [6.45, 7) is 0.341. The van der Waals surface area contributed by atoms with E-state index in [1.807, 2.05) is 0 Å². The average Bonchev–Trinajstić information content (AvgIpc) is 2.12. The normalized spacial score (nSPS) is 22.7. The van der Waals surface area contributed by atoms with Crippen LogP contribution in [0.2, 0.25) is 0 Å². The molecule has 0 aromatic carbocycles. The number of quaternary nitrogens is 1. The van der Waals surface area contributed by atoms with Crippen molar-refractivity contribution in [1.29, 1.82) is 0 Å². The zero-order chi connectivity index (χ0) is 10.0. The van der Waals surface area contributed by atoms with E-state index in [4.69, 9.17) is 11.6 Å². The molecule has 5 nitrogen and oxygen atoms in total. The van der Waals surface area contributed by atoms with Gasteiger partial charge in [0, 0.05) is 0 Å². The number of hydrogen-bond acceptors (Lipinski definition) is 4. The third kappa shape index (κ3) is 2.09. The second kappa shape index (κ2) is 3.91. The summed E-state index contributed by atoms with van der Waals surface area (Å²) in [6, 6.07) is 0. The van der Waals surface area contributed by atoms with Crippen LogP contribution in [0.25, 0.3) is 0 Å². The Morgan fingerprint density at radius 1 is 1.77 bits per heavy atom. The first kappa shape index (κ1) is 10.2. The maximum atomic E-state index is 11.1. The molecule has 1 aliphatic heterocycles. The second-order valence-corrected chi connectivity index (χ2v) is 3.48. The zero-order valence-electron chi connectivity index (χ0n) is 7.13. The Kier molecular flexibility index (Phi) is 3.07. The van der Waals surface area contributed by atoms with Gasteiger partial charge in [-0.05, 0) is 22.0 Å². The molecule has 0 aliphatic carbocycles. The lowest BCUT2D eigenvalue weighted by Gasteiger charge is -2.18. The Morgan fingerprint density at radius 2 is 2.38 bits per heavy atom. The summed E-state index contributed by atoms with van der Waals surface area (Å²) in [4.78, 5) is 11.1. The van der Waals surface area contributed by atoms with Gasteiger partial charge in [0.15, 0.2) is 0 Å². The Morgan fingerprint density at radius 3 is 2.85 bits per heavy atom. The van der Waals surface area contributed by atoms with E-state index in [0.717, 1.165) is 0 Å². The summed E-state index contributed by atoms with van der Waals surface area (Å²) in [5, 5.41) is 0.481. The highest BCUT2D eigenvalue weighted by atomic mass is 79.9. The van der Waals surface area contributed by atoms with E-state index in [1.54, 1.807) is 6.08 Å². The van der Waals surface area contributed by atoms with Gasteiger partial charge in [-0.15, -0.1) is 0 Å². The summed E-state index contributed by atoms with van der Waals surface area (Å²) < 4.78 is 5.18. The predicted octanol–water partition coefficient (Wildman–Crippen LogP) is -1.62. The number of carbonyl (C=O) groups excluding carboxylic acids is 1. The molecule has 6 heteroatoms. The Hall–Kier alpha value is -0.850. The van der Waals surface area contributed by atoms with Crippen LogP contribution in [0.15, 0.2) is 22.0 Å². The topological polar surface area (TPSA) is 82.8 Å². The number of ether oxygens (including phenoxy) is 1. The van der Waals surface area contributed by atoms with Gasteiger partial charge in [0.05, 0.1) is 17.2 Å². The molecular formula is C7H11BrN3O2+. The molecule has 1 rings (SSSR count). The Bertz CT molecular complexity index is 298. The van der Waals surface area contributed by atoms with Gasteiger partial charge >= 0.3 is 5.97 Å². The van der Waals surface area contributed by atoms with Crippen molar-refractivity contribution in [3.63, 3.8) is 0 Å². The molecule has 0 spiro atoms. The van der Waals surface area contributed by atoms with Crippen molar-refractivity contribution >= 4 is 21.9 Å². The van der Waals surface area contributed by atoms with E-state index in [2.05, 4.69) is 20.7 Å². The lowest BCUT2D eigenvalue weighted by molar-refractivity contribution is -0.870. The average molecular weight is 249 g/mol. The molecule has 1 atom stereocenters. The third-order valence-corrected chi connectivity index (χ3v) is 2.39. The van der Waals surface area contributed by atoms with Gasteiger partial charge < -0.3 is 10.5 Å². The monoisotopic (exact) mass is 248 g/mol. The summed E-state index contributed by atoms with van der Waals surface area (Å²) >= 11 is 3.20. The molecule has 13 heavy (non-hydrogen) atoms. The largest absolute Gasteiger partial charge is 0.465 e. The maximum Gasteiger partial charge on any atom is 0.339 e. The standard InChI is InChI=1S/C7H10BrN3O2/c1-13-7(12)4-2-5(8)6(9)11(10)3-4/h2H,3,9-10H2,1H3/p+1. The van der Waals surface area contributed by atoms with E-state index in [1.165, 1.54) is 7.11 Å². The molecule has 72 valence electrons. The van der Waals surface area contributed by atoms with Crippen LogP contribution in [0, 0.1) is 0 Å². The highest BCUT2D eigenvalue weighted by Crippen LogP contribution is 2.13. The first-order chi connectivity index (χ1) is 6.06. The fourth-order valence-corrected chi connectivity index (χ4v) is 1.53. The van der Waals surface area contributed by atoms with Crippen LogP contribution in [-0.4, -0.2) is 19.6 Å². The fraction of sp³-hybridized carbons (Fsp3) is 0.286. The summed E-state index contributed by atoms with van der Waals surface area (Å²) in [6.07, 6.45) is 1.62. The van der Waals surface area contributed by atoms with E-state index in [9.17, 15) is 4.79 Å². The van der Waals surface area contributed by atoms with Crippen molar-refractivity contribution < 1.29 is 14.5 Å². The first-order valence-electron chi connectivity index (χ1n) is 3.62. The highest BCUT2D eigenvalue weighted by Gasteiger charge is 2.24. The van der Waals surface area contributed by atoms with Gasteiger partial charge in [0.25, 0.3) is 0 Å². The van der Waals surface area contributed by atoms with Gasteiger partial charge in [-0.2, -0.15) is 5.84 Å². The van der Waals surface area contributed by atoms with Gasteiger partial charge in [-0.25, -0.2) is 9.80 Å². The van der Waals surface area contributed by atoms with Crippen LogP contribution in [-0.2, 0) is 9.53 Å². The smallest absolute Gasteiger partial charge is 0.339 e. The molecule has 0 saturated carbocycles. The first-order valence-corrected chi connectivity index (χ1v) is 4.41. The van der Waals surface area contributed by atoms with Crippen LogP contribution in [0.5, 0.6) is 0 Å². The number of hydrogen-bond donors (Lipinski definition) is 3. The number of methoxy groups -OCH3 is 1. The van der Waals surface area contributed by atoms with E-state index in [0.29, 0.717) is 27.4 Å². The minimum Gasteiger partial charge on any atom is -0.465 e. The van der Waals surface area contributed by atoms with Crippen molar-refractivity contribution in [1.82, 2.24) is 0 Å². The van der Waals surface area contributed by atoms with E-state index < -0.39 is 0 Å². The number of allylic oxidation sites excluding steroid dienone is 2. The molecule has 5 N–H and O–H groups in total. The molecule has 1 unspecified atom stereocenters. The van der Waals surface area contributed by atoms with Crippen molar-refractivity contribution in [2.24, 2.45) is 11.6 Å². The van der Waals surface area contributed by atoms with Crippen molar-refractivity contribution in [3.05, 3.63) is 22.0 Å². The lowest BCUT2D eigenvalue weighted by atomic mass is 10.2. The van der Waals surface area contributed by atoms with E-state index in [-0.39, 0.29) is 5.97 Å². The summed E-state index contributed by atoms with van der Waals surface area (Å²) in [5.74, 6) is 5.70. The van der Waals surface area contributed by atoms with Crippen LogP contribution in [0.3, 0.4) is 0 Å². The number of nitrogens with one attached hydrogen (secondary N) is 1. The van der Waals surface area contributed by atoms with E-state index >= 15 is 0 Å². The Labute approximate surface area is 84.1 Å². The van der Waals surface area contributed by atoms with Gasteiger partial charge in [-0.3, -0.25) is 0 Å². The molecule has 0 saturated heterocycles. The third-order valence-electron chi connectivity index (χ3n) is 1.73. The number of nitrogens with two attached hydrogens (primary N) is 2. The maximum absolute atomic E-state index is 11.1. The number of halogens is 1. The highest BCUT2D eigenvalue weighted by molar-refractivity contribution is 9.11. The Balaban J connectivity index is 2.93. The van der Waals surface area contributed by atoms with Crippen LogP contribution >= 0.6 is 15.9 Å². The minimum absolute atomic E-state index is 0.341. The summed E-state index contributed by atoms with van der Waals surface area (Å²) in [7, 11) is 1.33. The lowest BCUT2D eigenvalue weighted by Crippen LogP contribution is -3.17. The van der Waals surface area contributed by atoms with Gasteiger partial charge in [0.1, 0.15) is 6.54 Å². The van der Waals surface area contributed by atoms with Gasteiger partial charge in [-0.1, -0.05) is 0 Å². The quantitative estimate of drug-likeness (QED) is 0.385. The fourth-order valence-electron chi connectivity index (χ4n) is 0.998. The molecule has 1 aliphatic rings. The van der Waals surface area contributed by atoms with Crippen LogP contribution < -0.4 is 16.6 Å². The van der Waals surface area contributed by atoms with Crippen molar-refractivity contribution in [2.75, 3.05) is 13.7 Å². The SMILES string of the molecule is COC(=O)C1=CC(Br)=C(N)[NH+](N)C1. The second-order valence-electron chi connectivity index (χ2n) is 2.62. The van der Waals surface area contributed by atoms with Crippen LogP contribution in [0.1, 0.15) is 0 Å². The molecule has 0 amide bonds. The molecule has 0 bridgehead atoms. The number of rotatable bonds is 1. The molecule has 0 radical (unpaired) electrons.